The number of aromatic nitrogens is 3. The van der Waals surface area contributed by atoms with Gasteiger partial charge in [0.2, 0.25) is 0 Å². The summed E-state index contributed by atoms with van der Waals surface area (Å²) in [6.07, 6.45) is 7.00. The van der Waals surface area contributed by atoms with E-state index in [0.717, 1.165) is 54.0 Å². The molecule has 1 atom stereocenters. The molecule has 1 unspecified atom stereocenters. The van der Waals surface area contributed by atoms with Gasteiger partial charge >= 0.3 is 0 Å². The van der Waals surface area contributed by atoms with Gasteiger partial charge in [-0.2, -0.15) is 0 Å². The van der Waals surface area contributed by atoms with Gasteiger partial charge < -0.3 is 9.47 Å². The van der Waals surface area contributed by atoms with E-state index in [-0.39, 0.29) is 0 Å². The molecule has 0 radical (unpaired) electrons. The maximum Gasteiger partial charge on any atom is 0.267 e. The number of likely N-dealkylation sites (tertiary alicyclic amines) is 1. The van der Waals surface area contributed by atoms with Crippen LogP contribution in [0.1, 0.15) is 24.4 Å². The number of carbonyl (C=O) groups is 1. The maximum atomic E-state index is 11.3. The predicted molar refractivity (Wildman–Crippen MR) is 108 cm³/mol. The van der Waals surface area contributed by atoms with Crippen LogP contribution in [0.2, 0.25) is 0 Å². The van der Waals surface area contributed by atoms with Crippen LogP contribution in [0, 0.1) is 0 Å². The van der Waals surface area contributed by atoms with Crippen LogP contribution in [0.25, 0.3) is 28.6 Å². The molecule has 3 heterocycles. The van der Waals surface area contributed by atoms with Gasteiger partial charge in [0.15, 0.2) is 5.65 Å². The number of nitrogens with zero attached hydrogens (tertiary/aromatic N) is 4. The first-order valence-electron chi connectivity index (χ1n) is 9.40. The van der Waals surface area contributed by atoms with Gasteiger partial charge in [-0.1, -0.05) is 18.2 Å². The molecule has 0 spiro atoms. The molecular formula is C21H23N5O2. The Morgan fingerprint density at radius 1 is 1.32 bits per heavy atom. The lowest BCUT2D eigenvalue weighted by atomic mass is 10.0. The smallest absolute Gasteiger partial charge is 0.267 e. The van der Waals surface area contributed by atoms with Crippen molar-refractivity contribution in [1.82, 2.24) is 24.9 Å². The number of pyridine rings is 1. The van der Waals surface area contributed by atoms with Crippen LogP contribution < -0.4 is 5.48 Å². The summed E-state index contributed by atoms with van der Waals surface area (Å²) in [5, 5.41) is 8.65. The van der Waals surface area contributed by atoms with Crippen molar-refractivity contribution in [2.24, 2.45) is 0 Å². The van der Waals surface area contributed by atoms with E-state index in [1.807, 2.05) is 42.6 Å². The lowest BCUT2D eigenvalue weighted by Gasteiger charge is -2.31. The van der Waals surface area contributed by atoms with Crippen molar-refractivity contribution in [3.8, 4) is 11.4 Å². The van der Waals surface area contributed by atoms with Crippen molar-refractivity contribution < 1.29 is 10.0 Å². The quantitative estimate of drug-likeness (QED) is 0.415. The first kappa shape index (κ1) is 18.3. The topological polar surface area (TPSA) is 83.3 Å². The summed E-state index contributed by atoms with van der Waals surface area (Å²) < 4.78 is 2.26. The number of fused-ring (bicyclic) bond motifs is 1. The van der Waals surface area contributed by atoms with Gasteiger partial charge in [0.25, 0.3) is 5.91 Å². The van der Waals surface area contributed by atoms with Crippen molar-refractivity contribution in [1.29, 1.82) is 0 Å². The van der Waals surface area contributed by atoms with Gasteiger partial charge in [-0.05, 0) is 56.3 Å². The number of benzene rings is 1. The van der Waals surface area contributed by atoms with Crippen LogP contribution in [0.4, 0.5) is 0 Å². The molecule has 7 heteroatoms. The summed E-state index contributed by atoms with van der Waals surface area (Å²) >= 11 is 0. The first-order chi connectivity index (χ1) is 13.7. The SMILES string of the molecule is CN1CCCC(n2c(-c3cccc(C=CC(=O)NO)c3)nc3cccnc32)C1. The highest BCUT2D eigenvalue weighted by atomic mass is 16.5. The molecule has 28 heavy (non-hydrogen) atoms. The fourth-order valence-electron chi connectivity index (χ4n) is 3.82. The molecular weight excluding hydrogens is 354 g/mol. The number of rotatable bonds is 4. The molecule has 0 bridgehead atoms. The average molecular weight is 377 g/mol. The largest absolute Gasteiger partial charge is 0.304 e. The van der Waals surface area contributed by atoms with Gasteiger partial charge in [-0.3, -0.25) is 10.0 Å². The number of carbonyl (C=O) groups excluding carboxylic acids is 1. The van der Waals surface area contributed by atoms with Crippen LogP contribution >= 0.6 is 0 Å². The second kappa shape index (κ2) is 7.92. The maximum absolute atomic E-state index is 11.3. The summed E-state index contributed by atoms with van der Waals surface area (Å²) in [7, 11) is 2.15. The van der Waals surface area contributed by atoms with Crippen LogP contribution in [-0.2, 0) is 4.79 Å². The molecule has 4 rings (SSSR count). The summed E-state index contributed by atoms with van der Waals surface area (Å²) in [5.74, 6) is 0.322. The van der Waals surface area contributed by atoms with E-state index < -0.39 is 5.91 Å². The highest BCUT2D eigenvalue weighted by Crippen LogP contribution is 2.32. The number of hydroxylamine groups is 1. The Morgan fingerprint density at radius 2 is 2.21 bits per heavy atom. The highest BCUT2D eigenvalue weighted by Gasteiger charge is 2.24. The Kier molecular flexibility index (Phi) is 5.18. The zero-order valence-electron chi connectivity index (χ0n) is 15.7. The van der Waals surface area contributed by atoms with E-state index in [9.17, 15) is 4.79 Å². The summed E-state index contributed by atoms with van der Waals surface area (Å²) in [5.41, 5.74) is 5.21. The Balaban J connectivity index is 1.79. The van der Waals surface area contributed by atoms with Gasteiger partial charge in [0.05, 0.1) is 0 Å². The molecule has 144 valence electrons. The lowest BCUT2D eigenvalue weighted by Crippen LogP contribution is -2.33. The molecule has 1 aliphatic rings. The molecule has 1 fully saturated rings. The fourth-order valence-corrected chi connectivity index (χ4v) is 3.82. The monoisotopic (exact) mass is 377 g/mol. The Bertz CT molecular complexity index is 1030. The van der Waals surface area contributed by atoms with Crippen LogP contribution in [-0.4, -0.2) is 50.7 Å². The second-order valence-electron chi connectivity index (χ2n) is 7.14. The van der Waals surface area contributed by atoms with E-state index in [1.54, 1.807) is 11.6 Å². The normalized spacial score (nSPS) is 18.0. The van der Waals surface area contributed by atoms with Gasteiger partial charge in [-0.15, -0.1) is 0 Å². The average Bonchev–Trinajstić information content (AvgIpc) is 3.12. The highest BCUT2D eigenvalue weighted by molar-refractivity contribution is 5.91. The number of hydrogen-bond donors (Lipinski definition) is 2. The van der Waals surface area contributed by atoms with Crippen molar-refractivity contribution in [3.05, 3.63) is 54.2 Å². The Hall–Kier alpha value is -3.03. The summed E-state index contributed by atoms with van der Waals surface area (Å²) in [4.78, 5) is 23.1. The third-order valence-electron chi connectivity index (χ3n) is 5.10. The Morgan fingerprint density at radius 3 is 3.04 bits per heavy atom. The molecule has 2 N–H and O–H groups in total. The van der Waals surface area contributed by atoms with Gasteiger partial charge in [0, 0.05) is 30.4 Å². The van der Waals surface area contributed by atoms with E-state index in [1.165, 1.54) is 6.08 Å². The molecule has 1 saturated heterocycles. The molecule has 2 aromatic heterocycles. The standard InChI is InChI=1S/C21H23N5O2/c1-25-12-4-7-17(14-25)26-20(23-18-8-3-11-22-21(18)26)16-6-2-5-15(13-16)9-10-19(27)24-28/h2-3,5-6,8-11,13,17,28H,4,7,12,14H2,1H3,(H,24,27). The number of amides is 1. The number of imidazole rings is 1. The predicted octanol–water partition coefficient (Wildman–Crippen LogP) is 2.88. The van der Waals surface area contributed by atoms with E-state index in [0.29, 0.717) is 6.04 Å². The Labute approximate surface area is 163 Å². The number of likely N-dealkylation sites (N-methyl/N-ethyl adjacent to an activating group) is 1. The first-order valence-corrected chi connectivity index (χ1v) is 9.40. The third-order valence-corrected chi connectivity index (χ3v) is 5.10. The van der Waals surface area contributed by atoms with E-state index >= 15 is 0 Å². The van der Waals surface area contributed by atoms with Gasteiger partial charge in [-0.25, -0.2) is 15.4 Å². The molecule has 1 amide bonds. The van der Waals surface area contributed by atoms with Crippen molar-refractivity contribution >= 4 is 23.1 Å². The lowest BCUT2D eigenvalue weighted by molar-refractivity contribution is -0.124. The minimum absolute atomic E-state index is 0.313. The second-order valence-corrected chi connectivity index (χ2v) is 7.14. The van der Waals surface area contributed by atoms with Gasteiger partial charge in [0.1, 0.15) is 11.3 Å². The van der Waals surface area contributed by atoms with Crippen molar-refractivity contribution in [2.75, 3.05) is 20.1 Å². The number of piperidine rings is 1. The molecule has 3 aromatic rings. The summed E-state index contributed by atoms with van der Waals surface area (Å²) in [6, 6.07) is 12.1. The van der Waals surface area contributed by atoms with Crippen LogP contribution in [0.3, 0.4) is 0 Å². The number of nitrogens with one attached hydrogen (secondary N) is 1. The van der Waals surface area contributed by atoms with Crippen LogP contribution in [0.5, 0.6) is 0 Å². The zero-order valence-corrected chi connectivity index (χ0v) is 15.7. The minimum atomic E-state index is -0.563. The molecule has 0 saturated carbocycles. The molecule has 1 aliphatic heterocycles. The third kappa shape index (κ3) is 3.67. The molecule has 1 aromatic carbocycles. The minimum Gasteiger partial charge on any atom is -0.304 e. The van der Waals surface area contributed by atoms with E-state index in [4.69, 9.17) is 10.2 Å². The van der Waals surface area contributed by atoms with Crippen molar-refractivity contribution in [2.45, 2.75) is 18.9 Å². The zero-order chi connectivity index (χ0) is 19.5. The summed E-state index contributed by atoms with van der Waals surface area (Å²) in [6.45, 7) is 2.07. The van der Waals surface area contributed by atoms with Crippen LogP contribution in [0.15, 0.2) is 48.7 Å². The fraction of sp³-hybridized carbons (Fsp3) is 0.286. The molecule has 7 nitrogen and oxygen atoms in total. The van der Waals surface area contributed by atoms with E-state index in [2.05, 4.69) is 21.5 Å². The van der Waals surface area contributed by atoms with Crippen molar-refractivity contribution in [3.63, 3.8) is 0 Å². The number of hydrogen-bond acceptors (Lipinski definition) is 5. The molecule has 0 aliphatic carbocycles.